The number of hydrogen-bond acceptors (Lipinski definition) is 7. The van der Waals surface area contributed by atoms with Crippen LogP contribution >= 0.6 is 66.4 Å². The fourth-order valence-electron chi connectivity index (χ4n) is 1.32. The van der Waals surface area contributed by atoms with Gasteiger partial charge in [0.25, 0.3) is 11.4 Å². The molecule has 0 aliphatic rings. The van der Waals surface area contributed by atoms with Crippen molar-refractivity contribution >= 4 is 77.8 Å². The number of aliphatic hydroxyl groups excluding tert-OH is 1. The van der Waals surface area contributed by atoms with Gasteiger partial charge in [-0.1, -0.05) is 15.9 Å². The van der Waals surface area contributed by atoms with Crippen LogP contribution in [0.15, 0.2) is 36.7 Å². The van der Waals surface area contributed by atoms with E-state index in [1.165, 1.54) is 36.7 Å². The second kappa shape index (κ2) is 14.5. The maximum atomic E-state index is 10.2. The SMILES string of the molecule is BrP(Br)Br.O=[N+]([O-])c1ccnc(CBr)c1.O=[N+]([O-])c1ccnc(CO)c1. The summed E-state index contributed by atoms with van der Waals surface area (Å²) in [5.74, 6) is 0. The Morgan fingerprint density at radius 2 is 1.35 bits per heavy atom. The standard InChI is InChI=1S/C6H5BrN2O2.C6H6N2O3.Br3P/c7-4-5-3-6(9(10)11)1-2-8-5;9-4-5-3-6(8(10)11)1-2-7-5;1-4(2)3/h1-3H,4H2;1-3,9H,4H2;. The van der Waals surface area contributed by atoms with Crippen LogP contribution in [0.5, 0.6) is 0 Å². The zero-order valence-electron chi connectivity index (χ0n) is 12.7. The van der Waals surface area contributed by atoms with E-state index in [1.807, 2.05) is 0 Å². The van der Waals surface area contributed by atoms with Crippen LogP contribution in [0.2, 0.25) is 0 Å². The van der Waals surface area contributed by atoms with Crippen molar-refractivity contribution in [1.29, 1.82) is 0 Å². The smallest absolute Gasteiger partial charge is 0.272 e. The summed E-state index contributed by atoms with van der Waals surface area (Å²) >= 11 is 12.7. The number of hydrogen-bond donors (Lipinski definition) is 1. The van der Waals surface area contributed by atoms with Crippen molar-refractivity contribution in [2.24, 2.45) is 0 Å². The van der Waals surface area contributed by atoms with Gasteiger partial charge in [-0.05, 0) is 46.5 Å². The van der Waals surface area contributed by atoms with Crippen LogP contribution in [-0.2, 0) is 11.9 Å². The Bertz CT molecular complexity index is 665. The monoisotopic (exact) mass is 638 g/mol. The van der Waals surface area contributed by atoms with E-state index in [0.29, 0.717) is 16.7 Å². The van der Waals surface area contributed by atoms with Crippen LogP contribution in [-0.4, -0.2) is 24.9 Å². The lowest BCUT2D eigenvalue weighted by Gasteiger charge is -1.93. The van der Waals surface area contributed by atoms with E-state index in [9.17, 15) is 20.2 Å². The third-order valence-corrected chi connectivity index (χ3v) is 2.90. The number of pyridine rings is 2. The third kappa shape index (κ3) is 11.9. The molecule has 0 fully saturated rings. The van der Waals surface area contributed by atoms with Gasteiger partial charge in [0.1, 0.15) is 4.03 Å². The van der Waals surface area contributed by atoms with Crippen LogP contribution in [0, 0.1) is 20.2 Å². The second-order valence-corrected chi connectivity index (χ2v) is 19.9. The van der Waals surface area contributed by atoms with Crippen molar-refractivity contribution in [3.05, 3.63) is 68.3 Å². The molecule has 0 saturated carbocycles. The molecule has 142 valence electrons. The van der Waals surface area contributed by atoms with Crippen molar-refractivity contribution in [3.8, 4) is 0 Å². The zero-order valence-corrected chi connectivity index (χ0v) is 19.9. The molecule has 0 bridgehead atoms. The van der Waals surface area contributed by atoms with E-state index < -0.39 is 9.85 Å². The van der Waals surface area contributed by atoms with Gasteiger partial charge in [-0.3, -0.25) is 30.2 Å². The van der Waals surface area contributed by atoms with Crippen molar-refractivity contribution < 1.29 is 15.0 Å². The van der Waals surface area contributed by atoms with E-state index in [0.717, 1.165) is 0 Å². The number of alkyl halides is 1. The predicted octanol–water partition coefficient (Wildman–Crippen LogP) is 5.76. The topological polar surface area (TPSA) is 132 Å². The summed E-state index contributed by atoms with van der Waals surface area (Å²) < 4.78 is -0.183. The van der Waals surface area contributed by atoms with Gasteiger partial charge in [-0.2, -0.15) is 0 Å². The van der Waals surface area contributed by atoms with Crippen LogP contribution in [0.25, 0.3) is 0 Å². The average molecular weight is 642 g/mol. The van der Waals surface area contributed by atoms with Gasteiger partial charge in [-0.25, -0.2) is 0 Å². The Morgan fingerprint density at radius 3 is 1.69 bits per heavy atom. The summed E-state index contributed by atoms with van der Waals surface area (Å²) in [7, 11) is 0. The van der Waals surface area contributed by atoms with Crippen LogP contribution < -0.4 is 0 Å². The molecule has 0 aliphatic heterocycles. The van der Waals surface area contributed by atoms with Crippen LogP contribution in [0.4, 0.5) is 11.4 Å². The predicted molar refractivity (Wildman–Crippen MR) is 114 cm³/mol. The molecule has 1 N–H and O–H groups in total. The first-order valence-corrected chi connectivity index (χ1v) is 14.9. The van der Waals surface area contributed by atoms with Crippen molar-refractivity contribution in [3.63, 3.8) is 0 Å². The Kier molecular flexibility index (Phi) is 14.1. The maximum Gasteiger partial charge on any atom is 0.272 e. The number of aliphatic hydroxyl groups is 1. The highest BCUT2D eigenvalue weighted by atomic mass is 80.0. The first-order chi connectivity index (χ1) is 12.2. The molecule has 14 heteroatoms. The summed E-state index contributed by atoms with van der Waals surface area (Å²) in [5.41, 5.74) is 0.997. The number of aromatic nitrogens is 2. The second-order valence-electron chi connectivity index (χ2n) is 4.01. The number of halogens is 4. The van der Waals surface area contributed by atoms with Crippen LogP contribution in [0.1, 0.15) is 11.4 Å². The molecule has 0 spiro atoms. The van der Waals surface area contributed by atoms with E-state index in [4.69, 9.17) is 5.11 Å². The Morgan fingerprint density at radius 1 is 0.962 bits per heavy atom. The fourth-order valence-corrected chi connectivity index (χ4v) is 1.62. The minimum atomic E-state index is -0.527. The van der Waals surface area contributed by atoms with Crippen molar-refractivity contribution in [2.45, 2.75) is 11.9 Å². The summed E-state index contributed by atoms with van der Waals surface area (Å²) in [6, 6.07) is 5.32. The summed E-state index contributed by atoms with van der Waals surface area (Å²) in [6.07, 6.45) is 2.72. The van der Waals surface area contributed by atoms with Crippen molar-refractivity contribution in [1.82, 2.24) is 9.97 Å². The normalized spacial score (nSPS) is 9.46. The Hall–Kier alpha value is -0.590. The largest absolute Gasteiger partial charge is 0.390 e. The minimum Gasteiger partial charge on any atom is -0.390 e. The number of rotatable bonds is 4. The Balaban J connectivity index is 0.000000401. The molecule has 0 saturated heterocycles. The number of nitrogens with zero attached hydrogens (tertiary/aromatic N) is 4. The minimum absolute atomic E-state index is 0.0518. The molecule has 0 aromatic carbocycles. The fraction of sp³-hybridized carbons (Fsp3) is 0.167. The maximum absolute atomic E-state index is 10.2. The summed E-state index contributed by atoms with van der Waals surface area (Å²) in [5, 5.41) is 29.5. The van der Waals surface area contributed by atoms with Gasteiger partial charge in [0, 0.05) is 42.0 Å². The molecule has 26 heavy (non-hydrogen) atoms. The molecular weight excluding hydrogens is 631 g/mol. The van der Waals surface area contributed by atoms with Gasteiger partial charge in [0.15, 0.2) is 0 Å². The van der Waals surface area contributed by atoms with Crippen LogP contribution in [0.3, 0.4) is 0 Å². The molecule has 2 aromatic heterocycles. The molecule has 0 aliphatic carbocycles. The highest BCUT2D eigenvalue weighted by molar-refractivity contribution is 9.93. The van der Waals surface area contributed by atoms with E-state index >= 15 is 0 Å². The molecule has 2 aromatic rings. The average Bonchev–Trinajstić information content (AvgIpc) is 2.61. The quantitative estimate of drug-likeness (QED) is 0.194. The van der Waals surface area contributed by atoms with Crippen molar-refractivity contribution in [2.75, 3.05) is 0 Å². The molecule has 0 radical (unpaired) electrons. The van der Waals surface area contributed by atoms with E-state index in [-0.39, 0.29) is 22.0 Å². The highest BCUT2D eigenvalue weighted by Gasteiger charge is 2.05. The molecule has 0 amide bonds. The number of nitro groups is 2. The summed E-state index contributed by atoms with van der Waals surface area (Å²) in [6.45, 7) is -0.276. The van der Waals surface area contributed by atoms with E-state index in [2.05, 4.69) is 72.4 Å². The van der Waals surface area contributed by atoms with Gasteiger partial charge >= 0.3 is 0 Å². The van der Waals surface area contributed by atoms with E-state index in [1.54, 1.807) is 0 Å². The molecular formula is C12H11Br4N4O5P. The van der Waals surface area contributed by atoms with Gasteiger partial charge in [0.2, 0.25) is 0 Å². The molecule has 2 rings (SSSR count). The third-order valence-electron chi connectivity index (χ3n) is 2.32. The summed E-state index contributed by atoms with van der Waals surface area (Å²) in [4.78, 5) is 27.0. The molecule has 9 nitrogen and oxygen atoms in total. The molecule has 0 unspecified atom stereocenters. The first kappa shape index (κ1) is 25.4. The lowest BCUT2D eigenvalue weighted by Crippen LogP contribution is -1.92. The molecule has 2 heterocycles. The zero-order chi connectivity index (χ0) is 20.1. The Labute approximate surface area is 182 Å². The lowest BCUT2D eigenvalue weighted by molar-refractivity contribution is -0.385. The van der Waals surface area contributed by atoms with Gasteiger partial charge < -0.3 is 5.11 Å². The van der Waals surface area contributed by atoms with Gasteiger partial charge in [0.05, 0.1) is 27.8 Å². The highest BCUT2D eigenvalue weighted by Crippen LogP contribution is 2.59. The van der Waals surface area contributed by atoms with Gasteiger partial charge in [-0.15, -0.1) is 0 Å². The lowest BCUT2D eigenvalue weighted by atomic mass is 10.3. The molecule has 0 atom stereocenters. The first-order valence-electron chi connectivity index (χ1n) is 6.34.